The van der Waals surface area contributed by atoms with Crippen LogP contribution in [0.1, 0.15) is 0 Å². The van der Waals surface area contributed by atoms with Crippen molar-refractivity contribution in [2.75, 3.05) is 26.3 Å². The van der Waals surface area contributed by atoms with Gasteiger partial charge in [-0.15, -0.1) is 0 Å². The molecule has 2 rings (SSSR count). The van der Waals surface area contributed by atoms with Gasteiger partial charge in [-0.3, -0.25) is 0 Å². The van der Waals surface area contributed by atoms with E-state index >= 15 is 0 Å². The first-order chi connectivity index (χ1) is 8.83. The molecule has 0 saturated heterocycles. The van der Waals surface area contributed by atoms with Crippen LogP contribution >= 0.6 is 15.9 Å². The van der Waals surface area contributed by atoms with Crippen LogP contribution in [0.2, 0.25) is 0 Å². The van der Waals surface area contributed by atoms with E-state index in [1.807, 2.05) is 18.2 Å². The second-order valence-electron chi connectivity index (χ2n) is 3.92. The number of hydrogen-bond donors (Lipinski definition) is 2. The molecule has 0 atom stereocenters. The summed E-state index contributed by atoms with van der Waals surface area (Å²) in [6.07, 6.45) is 0. The van der Waals surface area contributed by atoms with Crippen molar-refractivity contribution in [3.05, 3.63) is 40.9 Å². The number of rotatable bonds is 6. The van der Waals surface area contributed by atoms with Crippen LogP contribution in [0.4, 0.5) is 0 Å². The Labute approximate surface area is 115 Å². The molecule has 0 aliphatic heterocycles. The number of aliphatic hydroxyl groups is 1. The highest BCUT2D eigenvalue weighted by Crippen LogP contribution is 2.32. The van der Waals surface area contributed by atoms with E-state index in [0.29, 0.717) is 13.2 Å². The molecule has 96 valence electrons. The van der Waals surface area contributed by atoms with E-state index in [-0.39, 0.29) is 6.61 Å². The molecule has 0 heterocycles. The third kappa shape index (κ3) is 3.22. The first kappa shape index (κ1) is 13.3. The van der Waals surface area contributed by atoms with E-state index in [1.165, 1.54) is 5.39 Å². The van der Waals surface area contributed by atoms with E-state index < -0.39 is 0 Å². The number of halogens is 1. The third-order valence-corrected chi connectivity index (χ3v) is 3.47. The molecular formula is C14H16BrNO2. The predicted molar refractivity (Wildman–Crippen MR) is 77.1 cm³/mol. The lowest BCUT2D eigenvalue weighted by Crippen LogP contribution is -2.24. The summed E-state index contributed by atoms with van der Waals surface area (Å²) in [5.74, 6) is 0.847. The van der Waals surface area contributed by atoms with Crippen LogP contribution in [0, 0.1) is 0 Å². The Morgan fingerprint density at radius 1 is 1.11 bits per heavy atom. The number of nitrogens with one attached hydrogen (secondary N) is 1. The van der Waals surface area contributed by atoms with E-state index in [9.17, 15) is 0 Å². The van der Waals surface area contributed by atoms with Gasteiger partial charge in [0, 0.05) is 13.1 Å². The Hall–Kier alpha value is -1.10. The van der Waals surface area contributed by atoms with E-state index in [4.69, 9.17) is 9.84 Å². The quantitative estimate of drug-likeness (QED) is 0.806. The van der Waals surface area contributed by atoms with Crippen LogP contribution < -0.4 is 10.1 Å². The van der Waals surface area contributed by atoms with Crippen molar-refractivity contribution in [3.63, 3.8) is 0 Å². The van der Waals surface area contributed by atoms with Crippen LogP contribution in [0.5, 0.6) is 5.75 Å². The molecule has 0 spiro atoms. The molecule has 2 aromatic rings. The fraction of sp³-hybridized carbons (Fsp3) is 0.286. The monoisotopic (exact) mass is 309 g/mol. The topological polar surface area (TPSA) is 41.5 Å². The minimum absolute atomic E-state index is 0.152. The fourth-order valence-corrected chi connectivity index (χ4v) is 2.37. The molecule has 18 heavy (non-hydrogen) atoms. The minimum atomic E-state index is 0.152. The molecule has 2 aromatic carbocycles. The summed E-state index contributed by atoms with van der Waals surface area (Å²) in [6, 6.07) is 12.2. The van der Waals surface area contributed by atoms with Gasteiger partial charge in [-0.2, -0.15) is 0 Å². The zero-order chi connectivity index (χ0) is 12.8. The molecule has 2 N–H and O–H groups in total. The SMILES string of the molecule is OCCNCCOc1ccc2ccccc2c1Br. The third-order valence-electron chi connectivity index (χ3n) is 2.65. The largest absolute Gasteiger partial charge is 0.491 e. The zero-order valence-electron chi connectivity index (χ0n) is 10.0. The number of fused-ring (bicyclic) bond motifs is 1. The molecule has 0 bridgehead atoms. The maximum Gasteiger partial charge on any atom is 0.134 e. The van der Waals surface area contributed by atoms with Crippen LogP contribution in [-0.4, -0.2) is 31.4 Å². The molecule has 0 saturated carbocycles. The molecule has 0 aliphatic carbocycles. The van der Waals surface area contributed by atoms with Crippen molar-refractivity contribution in [1.82, 2.24) is 5.32 Å². The summed E-state index contributed by atoms with van der Waals surface area (Å²) in [4.78, 5) is 0. The standard InChI is InChI=1S/C14H16BrNO2/c15-14-12-4-2-1-3-11(12)5-6-13(14)18-10-8-16-7-9-17/h1-6,16-17H,7-10H2. The van der Waals surface area contributed by atoms with Crippen molar-refractivity contribution >= 4 is 26.7 Å². The maximum atomic E-state index is 8.63. The lowest BCUT2D eigenvalue weighted by molar-refractivity contribution is 0.275. The first-order valence-corrected chi connectivity index (χ1v) is 6.74. The molecule has 0 fully saturated rings. The number of hydrogen-bond acceptors (Lipinski definition) is 3. The highest BCUT2D eigenvalue weighted by atomic mass is 79.9. The van der Waals surface area contributed by atoms with Gasteiger partial charge in [0.2, 0.25) is 0 Å². The second-order valence-corrected chi connectivity index (χ2v) is 4.71. The van der Waals surface area contributed by atoms with Gasteiger partial charge in [0.15, 0.2) is 0 Å². The summed E-state index contributed by atoms with van der Waals surface area (Å²) in [5, 5.41) is 14.0. The Kier molecular flexibility index (Phi) is 4.99. The second kappa shape index (κ2) is 6.73. The molecule has 0 radical (unpaired) electrons. The van der Waals surface area contributed by atoms with Gasteiger partial charge >= 0.3 is 0 Å². The predicted octanol–water partition coefficient (Wildman–Crippen LogP) is 2.56. The van der Waals surface area contributed by atoms with E-state index in [1.54, 1.807) is 0 Å². The van der Waals surface area contributed by atoms with Crippen molar-refractivity contribution in [1.29, 1.82) is 0 Å². The van der Waals surface area contributed by atoms with Gasteiger partial charge in [-0.05, 0) is 32.8 Å². The van der Waals surface area contributed by atoms with Crippen molar-refractivity contribution in [3.8, 4) is 5.75 Å². The van der Waals surface area contributed by atoms with Crippen LogP contribution in [0.25, 0.3) is 10.8 Å². The summed E-state index contributed by atoms with van der Waals surface area (Å²) in [7, 11) is 0. The van der Waals surface area contributed by atoms with Crippen molar-refractivity contribution in [2.24, 2.45) is 0 Å². The molecule has 0 aliphatic rings. The van der Waals surface area contributed by atoms with Gasteiger partial charge < -0.3 is 15.2 Å². The average Bonchev–Trinajstić information content (AvgIpc) is 2.41. The first-order valence-electron chi connectivity index (χ1n) is 5.94. The summed E-state index contributed by atoms with van der Waals surface area (Å²) >= 11 is 3.58. The fourth-order valence-electron chi connectivity index (χ4n) is 1.76. The van der Waals surface area contributed by atoms with Crippen LogP contribution in [-0.2, 0) is 0 Å². The molecule has 3 nitrogen and oxygen atoms in total. The Bertz CT molecular complexity index is 516. The Morgan fingerprint density at radius 3 is 2.78 bits per heavy atom. The van der Waals surface area contributed by atoms with Gasteiger partial charge in [-0.25, -0.2) is 0 Å². The minimum Gasteiger partial charge on any atom is -0.491 e. The van der Waals surface area contributed by atoms with Gasteiger partial charge in [-0.1, -0.05) is 30.3 Å². The Morgan fingerprint density at radius 2 is 1.94 bits per heavy atom. The van der Waals surface area contributed by atoms with E-state index in [2.05, 4.69) is 39.4 Å². The van der Waals surface area contributed by atoms with Gasteiger partial charge in [0.1, 0.15) is 12.4 Å². The molecular weight excluding hydrogens is 294 g/mol. The lowest BCUT2D eigenvalue weighted by Gasteiger charge is -2.10. The summed E-state index contributed by atoms with van der Waals surface area (Å²) in [6.45, 7) is 2.05. The van der Waals surface area contributed by atoms with Crippen LogP contribution in [0.15, 0.2) is 40.9 Å². The molecule has 0 unspecified atom stereocenters. The normalized spacial score (nSPS) is 10.8. The van der Waals surface area contributed by atoms with Crippen molar-refractivity contribution in [2.45, 2.75) is 0 Å². The highest BCUT2D eigenvalue weighted by Gasteiger charge is 2.05. The maximum absolute atomic E-state index is 8.63. The lowest BCUT2D eigenvalue weighted by atomic mass is 10.1. The smallest absolute Gasteiger partial charge is 0.134 e. The number of ether oxygens (including phenoxy) is 1. The molecule has 0 amide bonds. The number of aliphatic hydroxyl groups excluding tert-OH is 1. The van der Waals surface area contributed by atoms with Gasteiger partial charge in [0.05, 0.1) is 11.1 Å². The highest BCUT2D eigenvalue weighted by molar-refractivity contribution is 9.10. The van der Waals surface area contributed by atoms with E-state index in [0.717, 1.165) is 22.2 Å². The summed E-state index contributed by atoms with van der Waals surface area (Å²) < 4.78 is 6.69. The molecule has 0 aromatic heterocycles. The van der Waals surface area contributed by atoms with Crippen molar-refractivity contribution < 1.29 is 9.84 Å². The number of benzene rings is 2. The van der Waals surface area contributed by atoms with Crippen LogP contribution in [0.3, 0.4) is 0 Å². The zero-order valence-corrected chi connectivity index (χ0v) is 11.6. The summed E-state index contributed by atoms with van der Waals surface area (Å²) in [5.41, 5.74) is 0. The molecule has 4 heteroatoms. The average molecular weight is 310 g/mol. The van der Waals surface area contributed by atoms with Gasteiger partial charge in [0.25, 0.3) is 0 Å². The Balaban J connectivity index is 2.03.